The molecule has 0 saturated carbocycles. The van der Waals surface area contributed by atoms with E-state index in [4.69, 9.17) is 5.26 Å². The monoisotopic (exact) mass is 219 g/mol. The third-order valence-corrected chi connectivity index (χ3v) is 2.03. The van der Waals surface area contributed by atoms with Crippen molar-refractivity contribution >= 4 is 24.1 Å². The van der Waals surface area contributed by atoms with E-state index in [2.05, 4.69) is 29.1 Å². The van der Waals surface area contributed by atoms with Gasteiger partial charge in [0.15, 0.2) is 0 Å². The first-order valence-electron chi connectivity index (χ1n) is 1.47. The minimum Gasteiger partial charge on any atom is -0.326 e. The topological polar surface area (TPSA) is 68.5 Å². The van der Waals surface area contributed by atoms with E-state index in [0.29, 0.717) is 0 Å². The number of phosphoric acid groups is 1. The lowest BCUT2D eigenvalue weighted by molar-refractivity contribution is -0.0340. The molecular weight excluding hydrogens is 220 g/mol. The number of nitrogens with zero attached hydrogens (tertiary/aromatic N) is 1. The van der Waals surface area contributed by atoms with Crippen molar-refractivity contribution in [2.24, 2.45) is 0 Å². The summed E-state index contributed by atoms with van der Waals surface area (Å²) in [6, 6.07) is 0. The van der Waals surface area contributed by atoms with E-state index in [1.54, 1.807) is 0 Å². The van der Waals surface area contributed by atoms with Crippen LogP contribution >= 0.6 is 24.1 Å². The summed E-state index contributed by atoms with van der Waals surface area (Å²) in [5.41, 5.74) is 0. The Labute approximate surface area is 58.3 Å². The van der Waals surface area contributed by atoms with Crippen LogP contribution in [0.4, 0.5) is 4.53 Å². The van der Waals surface area contributed by atoms with E-state index in [9.17, 15) is 9.09 Å². The molecule has 0 aromatic carbocycles. The van der Waals surface area contributed by atoms with Crippen molar-refractivity contribution in [1.29, 1.82) is 5.26 Å². The molecule has 0 aromatic rings. The third kappa shape index (κ3) is 2.77. The Kier molecular flexibility index (Phi) is 3.73. The minimum absolute atomic E-state index is 0.927. The first kappa shape index (κ1) is 8.85. The minimum atomic E-state index is -4.29. The second-order valence-electron chi connectivity index (χ2n) is 0.768. The van der Waals surface area contributed by atoms with Gasteiger partial charge in [0, 0.05) is 0 Å². The molecule has 0 aliphatic heterocycles. The fourth-order valence-corrected chi connectivity index (χ4v) is 0.578. The van der Waals surface area contributed by atoms with Gasteiger partial charge in [-0.2, -0.15) is 3.62 Å². The summed E-state index contributed by atoms with van der Waals surface area (Å²) in [6.07, 6.45) is 0.927. The van der Waals surface area contributed by atoms with Gasteiger partial charge in [-0.3, -0.25) is 0 Å². The van der Waals surface area contributed by atoms with Crippen LogP contribution in [0.15, 0.2) is 0 Å². The molecule has 9 heavy (non-hydrogen) atoms. The number of hydrogen-bond acceptors (Lipinski definition) is 5. The molecule has 0 bridgehead atoms. The van der Waals surface area contributed by atoms with Crippen LogP contribution in [0.25, 0.3) is 0 Å². The molecule has 0 aliphatic carbocycles. The first-order chi connectivity index (χ1) is 4.18. The normalized spacial score (nSPS) is 15.7. The molecule has 1 atom stereocenters. The molecule has 0 saturated heterocycles. The summed E-state index contributed by atoms with van der Waals surface area (Å²) in [5, 5.41) is 7.67. The van der Waals surface area contributed by atoms with Gasteiger partial charge in [0.05, 0.1) is 0 Å². The number of hydrogen-bond donors (Lipinski definition) is 0. The highest BCUT2D eigenvalue weighted by Gasteiger charge is 2.29. The Morgan fingerprint density at radius 3 is 2.44 bits per heavy atom. The largest absolute Gasteiger partial charge is 0.582 e. The molecule has 0 aliphatic rings. The quantitative estimate of drug-likeness (QED) is 0.535. The van der Waals surface area contributed by atoms with E-state index in [-0.39, 0.29) is 0 Å². The lowest BCUT2D eigenvalue weighted by Crippen LogP contribution is -1.81. The molecule has 0 N–H and O–H groups in total. The van der Waals surface area contributed by atoms with Crippen molar-refractivity contribution in [2.75, 3.05) is 0 Å². The van der Waals surface area contributed by atoms with Crippen molar-refractivity contribution in [1.82, 2.24) is 0 Å². The average molecular weight is 220 g/mol. The zero-order chi connectivity index (χ0) is 7.33. The van der Waals surface area contributed by atoms with Gasteiger partial charge in [0.1, 0.15) is 16.3 Å². The smallest absolute Gasteiger partial charge is 0.326 e. The highest BCUT2D eigenvalue weighted by molar-refractivity contribution is 9.06. The average Bonchev–Trinajstić information content (AvgIpc) is 1.89. The maximum atomic E-state index is 11.0. The zero-order valence-corrected chi connectivity index (χ0v) is 6.26. The lowest BCUT2D eigenvalue weighted by atomic mass is 11.6. The Morgan fingerprint density at radius 2 is 2.33 bits per heavy atom. The summed E-state index contributed by atoms with van der Waals surface area (Å²) in [6.45, 7) is 0. The molecular formula is CBrFNO4P. The predicted octanol–water partition coefficient (Wildman–Crippen LogP) is 1.82. The Bertz CT molecular complexity index is 158. The lowest BCUT2D eigenvalue weighted by Gasteiger charge is -1.99. The SMILES string of the molecule is N#COP(=O)(OF)OBr. The highest BCUT2D eigenvalue weighted by atomic mass is 79.9. The maximum absolute atomic E-state index is 11.0. The van der Waals surface area contributed by atoms with E-state index in [0.717, 1.165) is 6.26 Å². The van der Waals surface area contributed by atoms with Crippen LogP contribution in [-0.4, -0.2) is 0 Å². The third-order valence-electron chi connectivity index (χ3n) is 0.322. The summed E-state index contributed by atoms with van der Waals surface area (Å²) in [4.78, 5) is 0. The summed E-state index contributed by atoms with van der Waals surface area (Å²) >= 11 is 2.13. The molecule has 0 rings (SSSR count). The van der Waals surface area contributed by atoms with Crippen molar-refractivity contribution in [3.63, 3.8) is 0 Å². The van der Waals surface area contributed by atoms with E-state index in [1.807, 2.05) is 0 Å². The Hall–Kier alpha value is -0.150. The van der Waals surface area contributed by atoms with Gasteiger partial charge in [-0.1, -0.05) is 4.73 Å². The molecule has 0 aromatic heterocycles. The van der Waals surface area contributed by atoms with Crippen molar-refractivity contribution in [2.45, 2.75) is 0 Å². The molecule has 0 radical (unpaired) electrons. The molecule has 8 heteroatoms. The van der Waals surface area contributed by atoms with E-state index in [1.165, 1.54) is 0 Å². The molecule has 0 fully saturated rings. The van der Waals surface area contributed by atoms with Crippen LogP contribution in [0.1, 0.15) is 0 Å². The van der Waals surface area contributed by atoms with Crippen LogP contribution in [0.2, 0.25) is 0 Å². The number of rotatable bonds is 3. The molecule has 0 spiro atoms. The summed E-state index contributed by atoms with van der Waals surface area (Å²) in [7, 11) is -4.29. The van der Waals surface area contributed by atoms with Crippen molar-refractivity contribution in [3.05, 3.63) is 0 Å². The van der Waals surface area contributed by atoms with Crippen molar-refractivity contribution in [3.8, 4) is 6.26 Å². The molecule has 0 amide bonds. The maximum Gasteiger partial charge on any atom is 0.582 e. The zero-order valence-electron chi connectivity index (χ0n) is 3.78. The van der Waals surface area contributed by atoms with Gasteiger partial charge in [0.25, 0.3) is 6.26 Å². The predicted molar refractivity (Wildman–Crippen MR) is 26.5 cm³/mol. The van der Waals surface area contributed by atoms with Gasteiger partial charge in [-0.15, -0.1) is 5.26 Å². The summed E-state index contributed by atoms with van der Waals surface area (Å²) in [5.74, 6) is 0. The fourth-order valence-electron chi connectivity index (χ4n) is 0.0888. The van der Waals surface area contributed by atoms with Crippen LogP contribution in [0.3, 0.4) is 0 Å². The van der Waals surface area contributed by atoms with E-state index >= 15 is 0 Å². The van der Waals surface area contributed by atoms with Gasteiger partial charge in [-0.25, -0.2) is 4.57 Å². The standard InChI is InChI=1S/CBrFNO4P/c2-7-9(5,8-3)6-1-4. The Morgan fingerprint density at radius 1 is 1.78 bits per heavy atom. The molecule has 5 nitrogen and oxygen atoms in total. The molecule has 52 valence electrons. The first-order valence-corrected chi connectivity index (χ1v) is 3.57. The van der Waals surface area contributed by atoms with Gasteiger partial charge in [0.2, 0.25) is 0 Å². The van der Waals surface area contributed by atoms with Crippen LogP contribution in [0.5, 0.6) is 0 Å². The highest BCUT2D eigenvalue weighted by Crippen LogP contribution is 2.51. The number of nitriles is 1. The molecule has 0 heterocycles. The Balaban J connectivity index is 3.98. The fraction of sp³-hybridized carbons (Fsp3) is 0. The van der Waals surface area contributed by atoms with Crippen LogP contribution < -0.4 is 0 Å². The number of halogens is 2. The van der Waals surface area contributed by atoms with E-state index < -0.39 is 7.82 Å². The summed E-state index contributed by atoms with van der Waals surface area (Å²) < 4.78 is 31.1. The van der Waals surface area contributed by atoms with Gasteiger partial charge < -0.3 is 4.52 Å². The van der Waals surface area contributed by atoms with Crippen LogP contribution in [-0.2, 0) is 17.4 Å². The second kappa shape index (κ2) is 3.80. The molecule has 1 unspecified atom stereocenters. The second-order valence-corrected chi connectivity index (χ2v) is 2.99. The van der Waals surface area contributed by atoms with Crippen molar-refractivity contribution < 1.29 is 22.0 Å². The van der Waals surface area contributed by atoms with Gasteiger partial charge in [-0.05, 0) is 4.53 Å². The van der Waals surface area contributed by atoms with Crippen LogP contribution in [0, 0.1) is 11.5 Å². The van der Waals surface area contributed by atoms with Gasteiger partial charge >= 0.3 is 7.82 Å².